The van der Waals surface area contributed by atoms with Crippen molar-refractivity contribution >= 4 is 32.6 Å². The summed E-state index contributed by atoms with van der Waals surface area (Å²) in [7, 11) is 1.93. The first-order chi connectivity index (χ1) is 11.2. The van der Waals surface area contributed by atoms with E-state index in [2.05, 4.69) is 11.1 Å². The Kier molecular flexibility index (Phi) is 5.13. The Hall–Kier alpha value is -1.66. The van der Waals surface area contributed by atoms with E-state index in [9.17, 15) is 4.79 Å². The molecule has 1 amide bonds. The maximum Gasteiger partial charge on any atom is 0.242 e. The molecule has 1 saturated heterocycles. The summed E-state index contributed by atoms with van der Waals surface area (Å²) in [6.07, 6.45) is 1.04. The monoisotopic (exact) mass is 333 g/mol. The highest BCUT2D eigenvalue weighted by atomic mass is 32.1. The molecule has 2 heterocycles. The molecule has 5 nitrogen and oxygen atoms in total. The van der Waals surface area contributed by atoms with Gasteiger partial charge in [-0.1, -0.05) is 23.5 Å². The molecule has 0 aliphatic carbocycles. The van der Waals surface area contributed by atoms with Crippen molar-refractivity contribution in [3.8, 4) is 0 Å². The SMILES string of the molecule is CCOC[C@H]1CCN(C(=O)CN(C)c2nc3ccccc3s2)C1. The van der Waals surface area contributed by atoms with Crippen molar-refractivity contribution in [2.75, 3.05) is 44.8 Å². The molecule has 23 heavy (non-hydrogen) atoms. The molecule has 1 aromatic heterocycles. The van der Waals surface area contributed by atoms with Crippen molar-refractivity contribution in [1.29, 1.82) is 0 Å². The van der Waals surface area contributed by atoms with Gasteiger partial charge in [0.25, 0.3) is 0 Å². The van der Waals surface area contributed by atoms with E-state index in [0.717, 1.165) is 48.1 Å². The number of likely N-dealkylation sites (N-methyl/N-ethyl adjacent to an activating group) is 1. The normalized spacial score (nSPS) is 17.8. The molecule has 1 aliphatic heterocycles. The third kappa shape index (κ3) is 3.82. The van der Waals surface area contributed by atoms with E-state index in [1.54, 1.807) is 11.3 Å². The van der Waals surface area contributed by atoms with Gasteiger partial charge in [-0.3, -0.25) is 4.79 Å². The van der Waals surface area contributed by atoms with E-state index in [4.69, 9.17) is 4.74 Å². The fraction of sp³-hybridized carbons (Fsp3) is 0.529. The Balaban J connectivity index is 1.57. The number of hydrogen-bond donors (Lipinski definition) is 0. The summed E-state index contributed by atoms with van der Waals surface area (Å²) >= 11 is 1.63. The molecule has 0 N–H and O–H groups in total. The molecule has 1 fully saturated rings. The topological polar surface area (TPSA) is 45.7 Å². The quantitative estimate of drug-likeness (QED) is 0.815. The third-order valence-corrected chi connectivity index (χ3v) is 5.33. The van der Waals surface area contributed by atoms with E-state index >= 15 is 0 Å². The molecule has 0 saturated carbocycles. The molecule has 0 spiro atoms. The molecule has 0 unspecified atom stereocenters. The van der Waals surface area contributed by atoms with Crippen LogP contribution in [-0.2, 0) is 9.53 Å². The van der Waals surface area contributed by atoms with Gasteiger partial charge in [-0.15, -0.1) is 0 Å². The number of fused-ring (bicyclic) bond motifs is 1. The van der Waals surface area contributed by atoms with Crippen LogP contribution in [0, 0.1) is 5.92 Å². The minimum Gasteiger partial charge on any atom is -0.381 e. The van der Waals surface area contributed by atoms with Gasteiger partial charge < -0.3 is 14.5 Å². The summed E-state index contributed by atoms with van der Waals surface area (Å²) in [6, 6.07) is 8.06. The van der Waals surface area contributed by atoms with Crippen molar-refractivity contribution in [3.63, 3.8) is 0 Å². The van der Waals surface area contributed by atoms with Crippen LogP contribution in [0.4, 0.5) is 5.13 Å². The van der Waals surface area contributed by atoms with E-state index in [-0.39, 0.29) is 5.91 Å². The predicted octanol–water partition coefficient (Wildman–Crippen LogP) is 2.62. The van der Waals surface area contributed by atoms with Crippen LogP contribution in [0.3, 0.4) is 0 Å². The number of anilines is 1. The van der Waals surface area contributed by atoms with Crippen LogP contribution in [0.15, 0.2) is 24.3 Å². The largest absolute Gasteiger partial charge is 0.381 e. The van der Waals surface area contributed by atoms with Crippen LogP contribution in [0.25, 0.3) is 10.2 Å². The number of rotatable bonds is 6. The highest BCUT2D eigenvalue weighted by Gasteiger charge is 2.27. The van der Waals surface area contributed by atoms with Crippen LogP contribution in [-0.4, -0.2) is 55.7 Å². The lowest BCUT2D eigenvalue weighted by molar-refractivity contribution is -0.128. The molecule has 1 aromatic carbocycles. The number of carbonyl (C=O) groups excluding carboxylic acids is 1. The number of hydrogen-bond acceptors (Lipinski definition) is 5. The first-order valence-electron chi connectivity index (χ1n) is 8.09. The second-order valence-corrected chi connectivity index (χ2v) is 6.98. The predicted molar refractivity (Wildman–Crippen MR) is 94.1 cm³/mol. The van der Waals surface area contributed by atoms with Gasteiger partial charge in [0.1, 0.15) is 0 Å². The first-order valence-corrected chi connectivity index (χ1v) is 8.91. The zero-order chi connectivity index (χ0) is 16.2. The van der Waals surface area contributed by atoms with Gasteiger partial charge >= 0.3 is 0 Å². The van der Waals surface area contributed by atoms with Gasteiger partial charge in [0.15, 0.2) is 5.13 Å². The van der Waals surface area contributed by atoms with Crippen molar-refractivity contribution < 1.29 is 9.53 Å². The highest BCUT2D eigenvalue weighted by molar-refractivity contribution is 7.22. The number of ether oxygens (including phenoxy) is 1. The summed E-state index contributed by atoms with van der Waals surface area (Å²) in [4.78, 5) is 21.0. The van der Waals surface area contributed by atoms with Crippen LogP contribution < -0.4 is 4.90 Å². The lowest BCUT2D eigenvalue weighted by Crippen LogP contribution is -2.38. The molecular formula is C17H23N3O2S. The van der Waals surface area contributed by atoms with Crippen LogP contribution in [0.1, 0.15) is 13.3 Å². The van der Waals surface area contributed by atoms with Gasteiger partial charge in [-0.25, -0.2) is 4.98 Å². The van der Waals surface area contributed by atoms with Gasteiger partial charge in [0.05, 0.1) is 23.4 Å². The second kappa shape index (κ2) is 7.27. The molecule has 3 rings (SSSR count). The van der Waals surface area contributed by atoms with Gasteiger partial charge in [0, 0.05) is 32.7 Å². The third-order valence-electron chi connectivity index (χ3n) is 4.18. The first kappa shape index (κ1) is 16.2. The van der Waals surface area contributed by atoms with Gasteiger partial charge in [0.2, 0.25) is 5.91 Å². The second-order valence-electron chi connectivity index (χ2n) is 5.97. The smallest absolute Gasteiger partial charge is 0.242 e. The van der Waals surface area contributed by atoms with Crippen molar-refractivity contribution in [3.05, 3.63) is 24.3 Å². The van der Waals surface area contributed by atoms with Crippen molar-refractivity contribution in [2.24, 2.45) is 5.92 Å². The van der Waals surface area contributed by atoms with E-state index in [1.807, 2.05) is 42.0 Å². The number of carbonyl (C=O) groups is 1. The molecular weight excluding hydrogens is 310 g/mol. The molecule has 6 heteroatoms. The average Bonchev–Trinajstić information content (AvgIpc) is 3.19. The molecule has 0 radical (unpaired) electrons. The van der Waals surface area contributed by atoms with Crippen molar-refractivity contribution in [1.82, 2.24) is 9.88 Å². The Morgan fingerprint density at radius 2 is 2.30 bits per heavy atom. The zero-order valence-corrected chi connectivity index (χ0v) is 14.5. The highest BCUT2D eigenvalue weighted by Crippen LogP contribution is 2.28. The molecule has 1 aliphatic rings. The summed E-state index contributed by atoms with van der Waals surface area (Å²) in [5, 5.41) is 0.893. The Morgan fingerprint density at radius 1 is 1.48 bits per heavy atom. The minimum atomic E-state index is 0.172. The Bertz CT molecular complexity index is 640. The number of benzene rings is 1. The maximum atomic E-state index is 12.5. The maximum absolute atomic E-state index is 12.5. The van der Waals surface area contributed by atoms with Gasteiger partial charge in [-0.05, 0) is 25.5 Å². The van der Waals surface area contributed by atoms with Crippen LogP contribution >= 0.6 is 11.3 Å². The van der Waals surface area contributed by atoms with E-state index in [0.29, 0.717) is 12.5 Å². The number of amides is 1. The Labute approximate surface area is 140 Å². The van der Waals surface area contributed by atoms with Gasteiger partial charge in [-0.2, -0.15) is 0 Å². The summed E-state index contributed by atoms with van der Waals surface area (Å²) < 4.78 is 6.63. The standard InChI is InChI=1S/C17H23N3O2S/c1-3-22-12-13-8-9-20(10-13)16(21)11-19(2)17-18-14-6-4-5-7-15(14)23-17/h4-7,13H,3,8-12H2,1-2H3/t13-/m0/s1. The lowest BCUT2D eigenvalue weighted by Gasteiger charge is -2.21. The number of nitrogens with zero attached hydrogens (tertiary/aromatic N) is 3. The zero-order valence-electron chi connectivity index (χ0n) is 13.7. The minimum absolute atomic E-state index is 0.172. The van der Waals surface area contributed by atoms with Crippen molar-refractivity contribution in [2.45, 2.75) is 13.3 Å². The number of thiazole rings is 1. The summed E-state index contributed by atoms with van der Waals surface area (Å²) in [6.45, 7) is 5.53. The molecule has 2 aromatic rings. The van der Waals surface area contributed by atoms with E-state index in [1.165, 1.54) is 0 Å². The molecule has 0 bridgehead atoms. The fourth-order valence-electron chi connectivity index (χ4n) is 2.87. The number of likely N-dealkylation sites (tertiary alicyclic amines) is 1. The number of para-hydroxylation sites is 1. The lowest BCUT2D eigenvalue weighted by atomic mass is 10.1. The van der Waals surface area contributed by atoms with E-state index < -0.39 is 0 Å². The Morgan fingerprint density at radius 3 is 3.09 bits per heavy atom. The fourth-order valence-corrected chi connectivity index (χ4v) is 3.80. The number of aromatic nitrogens is 1. The summed E-state index contributed by atoms with van der Waals surface area (Å²) in [5.74, 6) is 0.650. The molecule has 1 atom stereocenters. The van der Waals surface area contributed by atoms with Crippen LogP contribution in [0.2, 0.25) is 0 Å². The summed E-state index contributed by atoms with van der Waals surface area (Å²) in [5.41, 5.74) is 0.991. The van der Waals surface area contributed by atoms with Crippen LogP contribution in [0.5, 0.6) is 0 Å². The average molecular weight is 333 g/mol. The molecule has 124 valence electrons.